The van der Waals surface area contributed by atoms with Crippen LogP contribution >= 0.6 is 0 Å². The summed E-state index contributed by atoms with van der Waals surface area (Å²) in [6.07, 6.45) is 1.51. The number of amides is 2. The minimum atomic E-state index is -0.439. The predicted molar refractivity (Wildman–Crippen MR) is 127 cm³/mol. The van der Waals surface area contributed by atoms with Crippen molar-refractivity contribution >= 4 is 17.9 Å². The molecule has 0 fully saturated rings. The third-order valence-electron chi connectivity index (χ3n) is 4.90. The zero-order chi connectivity index (χ0) is 23.5. The highest BCUT2D eigenvalue weighted by Crippen LogP contribution is 2.15. The minimum Gasteiger partial charge on any atom is -0.484 e. The molecule has 0 saturated heterocycles. The fourth-order valence-electron chi connectivity index (χ4n) is 3.11. The number of nitrogens with zero attached hydrogens (tertiary/aromatic N) is 1. The van der Waals surface area contributed by atoms with Crippen molar-refractivity contribution in [1.29, 1.82) is 5.26 Å². The van der Waals surface area contributed by atoms with E-state index in [1.165, 1.54) is 6.08 Å². The van der Waals surface area contributed by atoms with Gasteiger partial charge in [0.15, 0.2) is 6.61 Å². The third kappa shape index (κ3) is 7.37. The molecule has 0 heterocycles. The Morgan fingerprint density at radius 3 is 2.24 bits per heavy atom. The molecule has 0 aliphatic rings. The van der Waals surface area contributed by atoms with E-state index in [2.05, 4.69) is 10.6 Å². The summed E-state index contributed by atoms with van der Waals surface area (Å²) in [5, 5.41) is 15.0. The summed E-state index contributed by atoms with van der Waals surface area (Å²) >= 11 is 0. The summed E-state index contributed by atoms with van der Waals surface area (Å²) in [4.78, 5) is 24.5. The maximum absolute atomic E-state index is 12.3. The standard InChI is InChI=1S/C27H25N3O3/c1-20(23-10-6-3-7-11-23)30-26(31)19-33-25-14-12-21(13-15-25)16-24(17-28)27(32)29-18-22-8-4-2-5-9-22/h2-16,20H,18-19H2,1H3,(H,29,32)(H,30,31)/b24-16+/t20-/m0/s1. The van der Waals surface area contributed by atoms with Crippen molar-refractivity contribution < 1.29 is 14.3 Å². The van der Waals surface area contributed by atoms with Crippen molar-refractivity contribution in [3.8, 4) is 11.8 Å². The van der Waals surface area contributed by atoms with Gasteiger partial charge in [-0.3, -0.25) is 9.59 Å². The number of carbonyl (C=O) groups is 2. The topological polar surface area (TPSA) is 91.2 Å². The van der Waals surface area contributed by atoms with Crippen LogP contribution in [0.3, 0.4) is 0 Å². The van der Waals surface area contributed by atoms with Crippen LogP contribution in [0.2, 0.25) is 0 Å². The monoisotopic (exact) mass is 439 g/mol. The Hall–Kier alpha value is -4.37. The fourth-order valence-corrected chi connectivity index (χ4v) is 3.11. The molecule has 166 valence electrons. The second-order valence-corrected chi connectivity index (χ2v) is 7.40. The molecule has 0 aliphatic heterocycles. The summed E-state index contributed by atoms with van der Waals surface area (Å²) in [6, 6.07) is 27.8. The van der Waals surface area contributed by atoms with Gasteiger partial charge in [0.1, 0.15) is 17.4 Å². The number of ether oxygens (including phenoxy) is 1. The molecule has 33 heavy (non-hydrogen) atoms. The molecule has 0 unspecified atom stereocenters. The van der Waals surface area contributed by atoms with Gasteiger partial charge in [-0.1, -0.05) is 72.8 Å². The molecule has 3 rings (SSSR count). The van der Waals surface area contributed by atoms with Gasteiger partial charge in [0, 0.05) is 6.54 Å². The molecule has 0 aromatic heterocycles. The second-order valence-electron chi connectivity index (χ2n) is 7.40. The zero-order valence-corrected chi connectivity index (χ0v) is 18.3. The number of hydrogen-bond donors (Lipinski definition) is 2. The largest absolute Gasteiger partial charge is 0.484 e. The van der Waals surface area contributed by atoms with E-state index >= 15 is 0 Å². The van der Waals surface area contributed by atoms with Gasteiger partial charge in [0.05, 0.1) is 6.04 Å². The lowest BCUT2D eigenvalue weighted by atomic mass is 10.1. The highest BCUT2D eigenvalue weighted by molar-refractivity contribution is 6.01. The quantitative estimate of drug-likeness (QED) is 0.387. The van der Waals surface area contributed by atoms with Gasteiger partial charge >= 0.3 is 0 Å². The summed E-state index contributed by atoms with van der Waals surface area (Å²) in [5.74, 6) is -0.148. The van der Waals surface area contributed by atoms with E-state index in [-0.39, 0.29) is 24.1 Å². The lowest BCUT2D eigenvalue weighted by molar-refractivity contribution is -0.123. The van der Waals surface area contributed by atoms with Crippen LogP contribution in [0.15, 0.2) is 90.5 Å². The van der Waals surface area contributed by atoms with E-state index < -0.39 is 5.91 Å². The first-order chi connectivity index (χ1) is 16.0. The van der Waals surface area contributed by atoms with Crippen molar-refractivity contribution in [3.63, 3.8) is 0 Å². The van der Waals surface area contributed by atoms with Gasteiger partial charge in [-0.2, -0.15) is 5.26 Å². The molecule has 0 spiro atoms. The Morgan fingerprint density at radius 1 is 0.970 bits per heavy atom. The lowest BCUT2D eigenvalue weighted by Crippen LogP contribution is -2.31. The molecule has 3 aromatic carbocycles. The molecule has 0 radical (unpaired) electrons. The van der Waals surface area contributed by atoms with Crippen molar-refractivity contribution in [2.45, 2.75) is 19.5 Å². The van der Waals surface area contributed by atoms with Crippen LogP contribution < -0.4 is 15.4 Å². The summed E-state index contributed by atoms with van der Waals surface area (Å²) in [5.41, 5.74) is 2.65. The number of nitriles is 1. The highest BCUT2D eigenvalue weighted by Gasteiger charge is 2.11. The van der Waals surface area contributed by atoms with Crippen LogP contribution in [0, 0.1) is 11.3 Å². The van der Waals surface area contributed by atoms with E-state index in [0.717, 1.165) is 11.1 Å². The molecular formula is C27H25N3O3. The van der Waals surface area contributed by atoms with Crippen molar-refractivity contribution in [2.75, 3.05) is 6.61 Å². The fraction of sp³-hybridized carbons (Fsp3) is 0.148. The van der Waals surface area contributed by atoms with Gasteiger partial charge in [0.25, 0.3) is 11.8 Å². The predicted octanol–water partition coefficient (Wildman–Crippen LogP) is 4.17. The Morgan fingerprint density at radius 2 is 1.61 bits per heavy atom. The average Bonchev–Trinajstić information content (AvgIpc) is 2.86. The average molecular weight is 440 g/mol. The molecule has 0 aliphatic carbocycles. The third-order valence-corrected chi connectivity index (χ3v) is 4.90. The molecule has 0 bridgehead atoms. The van der Waals surface area contributed by atoms with Gasteiger partial charge < -0.3 is 15.4 Å². The van der Waals surface area contributed by atoms with E-state index in [9.17, 15) is 14.9 Å². The normalized spacial score (nSPS) is 11.7. The summed E-state index contributed by atoms with van der Waals surface area (Å²) < 4.78 is 5.55. The van der Waals surface area contributed by atoms with Crippen LogP contribution in [0.25, 0.3) is 6.08 Å². The molecule has 3 aromatic rings. The molecule has 6 nitrogen and oxygen atoms in total. The van der Waals surface area contributed by atoms with E-state index in [4.69, 9.17) is 4.74 Å². The number of carbonyl (C=O) groups excluding carboxylic acids is 2. The van der Waals surface area contributed by atoms with E-state index in [0.29, 0.717) is 17.9 Å². The SMILES string of the molecule is C[C@H](NC(=O)COc1ccc(/C=C(\C#N)C(=O)NCc2ccccc2)cc1)c1ccccc1. The van der Waals surface area contributed by atoms with Crippen LogP contribution in [0.4, 0.5) is 0 Å². The Labute approximate surface area is 193 Å². The van der Waals surface area contributed by atoms with E-state index in [1.54, 1.807) is 24.3 Å². The molecule has 2 N–H and O–H groups in total. The lowest BCUT2D eigenvalue weighted by Gasteiger charge is -2.14. The Bertz CT molecular complexity index is 1130. The molecule has 6 heteroatoms. The molecular weight excluding hydrogens is 414 g/mol. The maximum Gasteiger partial charge on any atom is 0.262 e. The maximum atomic E-state index is 12.3. The van der Waals surface area contributed by atoms with Crippen molar-refractivity contribution in [3.05, 3.63) is 107 Å². The number of hydrogen-bond acceptors (Lipinski definition) is 4. The molecule has 1 atom stereocenters. The van der Waals surface area contributed by atoms with Crippen molar-refractivity contribution in [1.82, 2.24) is 10.6 Å². The smallest absolute Gasteiger partial charge is 0.262 e. The van der Waals surface area contributed by atoms with Crippen LogP contribution in [0.1, 0.15) is 29.7 Å². The Kier molecular flexibility index (Phi) is 8.38. The first-order valence-corrected chi connectivity index (χ1v) is 10.6. The van der Waals surface area contributed by atoms with Gasteiger partial charge in [-0.25, -0.2) is 0 Å². The molecule has 2 amide bonds. The first kappa shape index (κ1) is 23.3. The van der Waals surface area contributed by atoms with E-state index in [1.807, 2.05) is 73.7 Å². The molecule has 0 saturated carbocycles. The number of benzene rings is 3. The second kappa shape index (κ2) is 11.9. The van der Waals surface area contributed by atoms with Gasteiger partial charge in [-0.15, -0.1) is 0 Å². The van der Waals surface area contributed by atoms with Gasteiger partial charge in [0.2, 0.25) is 0 Å². The van der Waals surface area contributed by atoms with Crippen LogP contribution in [-0.4, -0.2) is 18.4 Å². The summed E-state index contributed by atoms with van der Waals surface area (Å²) in [6.45, 7) is 2.14. The summed E-state index contributed by atoms with van der Waals surface area (Å²) in [7, 11) is 0. The first-order valence-electron chi connectivity index (χ1n) is 10.6. The highest BCUT2D eigenvalue weighted by atomic mass is 16.5. The Balaban J connectivity index is 1.51. The number of rotatable bonds is 9. The zero-order valence-electron chi connectivity index (χ0n) is 18.3. The van der Waals surface area contributed by atoms with Crippen molar-refractivity contribution in [2.24, 2.45) is 0 Å². The number of nitrogens with one attached hydrogen (secondary N) is 2. The van der Waals surface area contributed by atoms with Gasteiger partial charge in [-0.05, 0) is 41.8 Å². The van der Waals surface area contributed by atoms with Crippen LogP contribution in [0.5, 0.6) is 5.75 Å². The van der Waals surface area contributed by atoms with Crippen LogP contribution in [-0.2, 0) is 16.1 Å². The minimum absolute atomic E-state index is 0.00822.